The molecule has 21 heavy (non-hydrogen) atoms. The number of benzene rings is 1. The summed E-state index contributed by atoms with van der Waals surface area (Å²) in [7, 11) is 0. The number of halogens is 2. The fraction of sp³-hybridized carbons (Fsp3) is 0.533. The first kappa shape index (κ1) is 14.6. The molecular formula is C15H19ClFN3O. The Bertz CT molecular complexity index is 652. The zero-order chi connectivity index (χ0) is 13.7. The van der Waals surface area contributed by atoms with Gasteiger partial charge in [-0.05, 0) is 56.5 Å². The highest BCUT2D eigenvalue weighted by Gasteiger charge is 2.34. The summed E-state index contributed by atoms with van der Waals surface area (Å²) in [6.45, 7) is 5.19. The zero-order valence-corrected chi connectivity index (χ0v) is 12.8. The average molecular weight is 312 g/mol. The Morgan fingerprint density at radius 2 is 2.10 bits per heavy atom. The van der Waals surface area contributed by atoms with Crippen LogP contribution in [0.4, 0.5) is 10.2 Å². The highest BCUT2D eigenvalue weighted by molar-refractivity contribution is 5.88. The maximum Gasteiger partial charge on any atom is 0.177 e. The molecule has 3 saturated heterocycles. The molecule has 1 atom stereocenters. The monoisotopic (exact) mass is 311 g/mol. The number of rotatable bonds is 2. The van der Waals surface area contributed by atoms with Crippen molar-refractivity contribution in [2.24, 2.45) is 5.92 Å². The van der Waals surface area contributed by atoms with E-state index in [-0.39, 0.29) is 18.2 Å². The first-order valence-electron chi connectivity index (χ1n) is 7.25. The van der Waals surface area contributed by atoms with Gasteiger partial charge in [-0.25, -0.2) is 4.39 Å². The van der Waals surface area contributed by atoms with E-state index >= 15 is 0 Å². The topological polar surface area (TPSA) is 41.3 Å². The van der Waals surface area contributed by atoms with E-state index in [1.165, 1.54) is 32.0 Å². The van der Waals surface area contributed by atoms with Crippen LogP contribution in [0.5, 0.6) is 0 Å². The largest absolute Gasteiger partial charge is 0.362 e. The van der Waals surface area contributed by atoms with E-state index in [2.05, 4.69) is 15.4 Å². The number of piperidine rings is 3. The van der Waals surface area contributed by atoms with E-state index in [0.29, 0.717) is 28.9 Å². The zero-order valence-electron chi connectivity index (χ0n) is 11.9. The molecule has 4 nitrogen and oxygen atoms in total. The lowest BCUT2D eigenvalue weighted by atomic mass is 9.84. The van der Waals surface area contributed by atoms with Gasteiger partial charge < -0.3 is 14.7 Å². The quantitative estimate of drug-likeness (QED) is 0.924. The molecule has 0 aliphatic carbocycles. The van der Waals surface area contributed by atoms with Crippen molar-refractivity contribution in [1.29, 1.82) is 0 Å². The molecule has 3 aliphatic rings. The van der Waals surface area contributed by atoms with Gasteiger partial charge in [-0.2, -0.15) is 0 Å². The van der Waals surface area contributed by atoms with Crippen LogP contribution in [-0.4, -0.2) is 35.7 Å². The van der Waals surface area contributed by atoms with Gasteiger partial charge in [-0.15, -0.1) is 12.4 Å². The minimum absolute atomic E-state index is 0. The average Bonchev–Trinajstić information content (AvgIpc) is 2.83. The van der Waals surface area contributed by atoms with Crippen LogP contribution in [0.25, 0.3) is 11.0 Å². The lowest BCUT2D eigenvalue weighted by Crippen LogP contribution is -2.53. The third-order valence-electron chi connectivity index (χ3n) is 4.73. The minimum atomic E-state index is -0.210. The molecule has 2 aromatic rings. The smallest absolute Gasteiger partial charge is 0.177 e. The SMILES string of the molecule is Cc1cc2onc(NC3CN4CCC3CC4)c2cc1F.Cl. The van der Waals surface area contributed by atoms with Crippen LogP contribution in [0, 0.1) is 18.7 Å². The van der Waals surface area contributed by atoms with Crippen molar-refractivity contribution in [2.45, 2.75) is 25.8 Å². The molecule has 0 radical (unpaired) electrons. The molecule has 3 fully saturated rings. The van der Waals surface area contributed by atoms with Crippen molar-refractivity contribution in [2.75, 3.05) is 25.0 Å². The van der Waals surface area contributed by atoms with E-state index in [0.717, 1.165) is 11.9 Å². The van der Waals surface area contributed by atoms with Crippen LogP contribution in [0.15, 0.2) is 16.7 Å². The summed E-state index contributed by atoms with van der Waals surface area (Å²) in [6, 6.07) is 3.62. The van der Waals surface area contributed by atoms with E-state index in [4.69, 9.17) is 4.52 Å². The Kier molecular flexibility index (Phi) is 3.80. The Balaban J connectivity index is 0.00000132. The van der Waals surface area contributed by atoms with Crippen LogP contribution >= 0.6 is 12.4 Å². The maximum absolute atomic E-state index is 13.7. The Morgan fingerprint density at radius 3 is 2.76 bits per heavy atom. The summed E-state index contributed by atoms with van der Waals surface area (Å²) in [5.74, 6) is 1.16. The van der Waals surface area contributed by atoms with Crippen LogP contribution in [0.3, 0.4) is 0 Å². The van der Waals surface area contributed by atoms with Gasteiger partial charge in [-0.1, -0.05) is 5.16 Å². The maximum atomic E-state index is 13.7. The molecule has 2 bridgehead atoms. The van der Waals surface area contributed by atoms with Gasteiger partial charge in [0.1, 0.15) is 5.82 Å². The standard InChI is InChI=1S/C15H18FN3O.ClH/c1-9-6-14-11(7-12(9)16)15(18-20-14)17-13-8-19-4-2-10(13)3-5-19;/h6-7,10,13H,2-5,8H2,1H3,(H,17,18);1H. The summed E-state index contributed by atoms with van der Waals surface area (Å²) in [5, 5.41) is 8.29. The van der Waals surface area contributed by atoms with Gasteiger partial charge in [-0.3, -0.25) is 0 Å². The van der Waals surface area contributed by atoms with Crippen molar-refractivity contribution in [3.63, 3.8) is 0 Å². The van der Waals surface area contributed by atoms with Crippen molar-refractivity contribution in [3.8, 4) is 0 Å². The fourth-order valence-corrected chi connectivity index (χ4v) is 3.47. The number of hydrogen-bond acceptors (Lipinski definition) is 4. The second kappa shape index (κ2) is 5.46. The van der Waals surface area contributed by atoms with Crippen molar-refractivity contribution in [3.05, 3.63) is 23.5 Å². The van der Waals surface area contributed by atoms with Crippen molar-refractivity contribution < 1.29 is 8.91 Å². The molecule has 1 aromatic heterocycles. The molecule has 0 spiro atoms. The minimum Gasteiger partial charge on any atom is -0.362 e. The molecule has 0 saturated carbocycles. The summed E-state index contributed by atoms with van der Waals surface area (Å²) in [5.41, 5.74) is 1.23. The molecule has 1 aromatic carbocycles. The molecule has 3 aliphatic heterocycles. The van der Waals surface area contributed by atoms with Crippen molar-refractivity contribution in [1.82, 2.24) is 10.1 Å². The van der Waals surface area contributed by atoms with E-state index in [1.807, 2.05) is 0 Å². The second-order valence-corrected chi connectivity index (χ2v) is 6.02. The van der Waals surface area contributed by atoms with Crippen LogP contribution < -0.4 is 5.32 Å². The molecule has 0 amide bonds. The number of hydrogen-bond donors (Lipinski definition) is 1. The number of anilines is 1. The van der Waals surface area contributed by atoms with Gasteiger partial charge in [0, 0.05) is 12.6 Å². The first-order chi connectivity index (χ1) is 9.70. The Labute approximate surface area is 129 Å². The number of fused-ring (bicyclic) bond motifs is 4. The molecule has 4 heterocycles. The summed E-state index contributed by atoms with van der Waals surface area (Å²) >= 11 is 0. The lowest BCUT2D eigenvalue weighted by Gasteiger charge is -2.44. The van der Waals surface area contributed by atoms with Crippen LogP contribution in [0.2, 0.25) is 0 Å². The predicted octanol–water partition coefficient (Wildman–Crippen LogP) is 3.20. The predicted molar refractivity (Wildman–Crippen MR) is 82.5 cm³/mol. The second-order valence-electron chi connectivity index (χ2n) is 6.02. The lowest BCUT2D eigenvalue weighted by molar-refractivity contribution is 0.0973. The van der Waals surface area contributed by atoms with E-state index in [1.54, 1.807) is 13.0 Å². The molecule has 1 unspecified atom stereocenters. The summed E-state index contributed by atoms with van der Waals surface area (Å²) in [4.78, 5) is 2.48. The highest BCUT2D eigenvalue weighted by Crippen LogP contribution is 2.32. The van der Waals surface area contributed by atoms with Gasteiger partial charge in [0.25, 0.3) is 0 Å². The van der Waals surface area contributed by atoms with E-state index in [9.17, 15) is 4.39 Å². The molecule has 1 N–H and O–H groups in total. The van der Waals surface area contributed by atoms with Gasteiger partial charge in [0.2, 0.25) is 0 Å². The van der Waals surface area contributed by atoms with Gasteiger partial charge in [0.15, 0.2) is 11.4 Å². The van der Waals surface area contributed by atoms with E-state index < -0.39 is 0 Å². The Hall–Kier alpha value is -1.33. The van der Waals surface area contributed by atoms with Gasteiger partial charge in [0.05, 0.1) is 5.39 Å². The molecule has 114 valence electrons. The number of aromatic nitrogens is 1. The highest BCUT2D eigenvalue weighted by atomic mass is 35.5. The fourth-order valence-electron chi connectivity index (χ4n) is 3.47. The molecule has 6 heteroatoms. The molecular weight excluding hydrogens is 293 g/mol. The first-order valence-corrected chi connectivity index (χ1v) is 7.25. The number of nitrogens with one attached hydrogen (secondary N) is 1. The number of aryl methyl sites for hydroxylation is 1. The van der Waals surface area contributed by atoms with Crippen LogP contribution in [0.1, 0.15) is 18.4 Å². The third-order valence-corrected chi connectivity index (χ3v) is 4.73. The Morgan fingerprint density at radius 1 is 1.33 bits per heavy atom. The normalized spacial score (nSPS) is 27.6. The van der Waals surface area contributed by atoms with Crippen LogP contribution in [-0.2, 0) is 0 Å². The van der Waals surface area contributed by atoms with Gasteiger partial charge >= 0.3 is 0 Å². The summed E-state index contributed by atoms with van der Waals surface area (Å²) in [6.07, 6.45) is 2.47. The van der Waals surface area contributed by atoms with Crippen molar-refractivity contribution >= 4 is 29.2 Å². The third kappa shape index (κ3) is 2.49. The molecule has 5 rings (SSSR count). The summed E-state index contributed by atoms with van der Waals surface area (Å²) < 4.78 is 19.0. The number of nitrogens with zero attached hydrogens (tertiary/aromatic N) is 2.